The zero-order valence-corrected chi connectivity index (χ0v) is 12.3. The SMILES string of the molecule is Cc1c(F)cccc1CN1CC[C@H]2OCCN(C)[C@@H]2C1. The number of nitrogens with zero attached hydrogens (tertiary/aromatic N) is 2. The van der Waals surface area contributed by atoms with Crippen molar-refractivity contribution in [3.05, 3.63) is 35.1 Å². The summed E-state index contributed by atoms with van der Waals surface area (Å²) >= 11 is 0. The molecule has 2 atom stereocenters. The second kappa shape index (κ2) is 5.80. The number of hydrogen-bond acceptors (Lipinski definition) is 3. The van der Waals surface area contributed by atoms with E-state index < -0.39 is 0 Å². The standard InChI is InChI=1S/C16H23FN2O/c1-12-13(4-3-5-14(12)17)10-19-7-6-16-15(11-19)18(2)8-9-20-16/h3-5,15-16H,6-11H2,1-2H3/t15-,16-/m1/s1. The average Bonchev–Trinajstić information content (AvgIpc) is 2.45. The van der Waals surface area contributed by atoms with Crippen molar-refractivity contribution in [1.29, 1.82) is 0 Å². The van der Waals surface area contributed by atoms with Crippen LogP contribution in [0.1, 0.15) is 17.5 Å². The molecule has 110 valence electrons. The highest BCUT2D eigenvalue weighted by Gasteiger charge is 2.35. The molecule has 0 bridgehead atoms. The molecule has 2 heterocycles. The predicted octanol–water partition coefficient (Wildman–Crippen LogP) is 2.04. The van der Waals surface area contributed by atoms with E-state index in [4.69, 9.17) is 4.74 Å². The fraction of sp³-hybridized carbons (Fsp3) is 0.625. The summed E-state index contributed by atoms with van der Waals surface area (Å²) in [6, 6.07) is 5.85. The van der Waals surface area contributed by atoms with Gasteiger partial charge >= 0.3 is 0 Å². The summed E-state index contributed by atoms with van der Waals surface area (Å²) in [6.07, 6.45) is 1.45. The number of halogens is 1. The molecular formula is C16H23FN2O. The molecule has 0 radical (unpaired) electrons. The normalized spacial score (nSPS) is 28.4. The van der Waals surface area contributed by atoms with Crippen molar-refractivity contribution in [1.82, 2.24) is 9.80 Å². The minimum atomic E-state index is -0.101. The van der Waals surface area contributed by atoms with Crippen LogP contribution in [-0.2, 0) is 11.3 Å². The monoisotopic (exact) mass is 278 g/mol. The lowest BCUT2D eigenvalue weighted by molar-refractivity contribution is -0.0957. The van der Waals surface area contributed by atoms with Crippen LogP contribution in [-0.4, -0.2) is 55.2 Å². The Hall–Kier alpha value is -0.970. The molecule has 2 saturated heterocycles. The van der Waals surface area contributed by atoms with Crippen LogP contribution in [0.15, 0.2) is 18.2 Å². The van der Waals surface area contributed by atoms with Gasteiger partial charge in [-0.2, -0.15) is 0 Å². The van der Waals surface area contributed by atoms with Crippen molar-refractivity contribution >= 4 is 0 Å². The summed E-state index contributed by atoms with van der Waals surface area (Å²) in [5.74, 6) is -0.101. The molecule has 20 heavy (non-hydrogen) atoms. The van der Waals surface area contributed by atoms with Gasteiger partial charge in [-0.3, -0.25) is 9.80 Å². The highest BCUT2D eigenvalue weighted by Crippen LogP contribution is 2.24. The van der Waals surface area contributed by atoms with Crippen LogP contribution < -0.4 is 0 Å². The first-order chi connectivity index (χ1) is 9.65. The second-order valence-corrected chi connectivity index (χ2v) is 6.00. The van der Waals surface area contributed by atoms with Gasteiger partial charge in [0.2, 0.25) is 0 Å². The summed E-state index contributed by atoms with van der Waals surface area (Å²) in [6.45, 7) is 6.60. The number of hydrogen-bond donors (Lipinski definition) is 0. The number of ether oxygens (including phenoxy) is 1. The predicted molar refractivity (Wildman–Crippen MR) is 77.2 cm³/mol. The number of benzene rings is 1. The smallest absolute Gasteiger partial charge is 0.126 e. The van der Waals surface area contributed by atoms with E-state index in [1.165, 1.54) is 6.07 Å². The second-order valence-electron chi connectivity index (χ2n) is 6.00. The van der Waals surface area contributed by atoms with E-state index in [1.807, 2.05) is 13.0 Å². The van der Waals surface area contributed by atoms with Crippen LogP contribution in [0, 0.1) is 12.7 Å². The Morgan fingerprint density at radius 1 is 1.35 bits per heavy atom. The van der Waals surface area contributed by atoms with Gasteiger partial charge in [0.1, 0.15) is 5.82 Å². The van der Waals surface area contributed by atoms with Gasteiger partial charge in [-0.05, 0) is 37.6 Å². The quantitative estimate of drug-likeness (QED) is 0.823. The lowest BCUT2D eigenvalue weighted by Crippen LogP contribution is -2.58. The Balaban J connectivity index is 1.68. The molecule has 0 amide bonds. The third kappa shape index (κ3) is 2.73. The van der Waals surface area contributed by atoms with Crippen LogP contribution in [0.4, 0.5) is 4.39 Å². The van der Waals surface area contributed by atoms with Crippen LogP contribution in [0.5, 0.6) is 0 Å². The molecule has 1 aromatic rings. The third-order valence-corrected chi connectivity index (χ3v) is 4.72. The van der Waals surface area contributed by atoms with Gasteiger partial charge in [0, 0.05) is 32.2 Å². The summed E-state index contributed by atoms with van der Waals surface area (Å²) in [5.41, 5.74) is 1.88. The molecule has 0 spiro atoms. The Bertz CT molecular complexity index is 480. The molecule has 2 fully saturated rings. The summed E-state index contributed by atoms with van der Waals surface area (Å²) < 4.78 is 19.5. The fourth-order valence-corrected chi connectivity index (χ4v) is 3.32. The molecule has 3 rings (SSSR count). The Labute approximate surface area is 120 Å². The zero-order chi connectivity index (χ0) is 14.1. The molecule has 2 aliphatic rings. The van der Waals surface area contributed by atoms with Crippen LogP contribution in [0.2, 0.25) is 0 Å². The molecular weight excluding hydrogens is 255 g/mol. The maximum absolute atomic E-state index is 13.6. The van der Waals surface area contributed by atoms with E-state index >= 15 is 0 Å². The Morgan fingerprint density at radius 3 is 3.05 bits per heavy atom. The highest BCUT2D eigenvalue weighted by molar-refractivity contribution is 5.27. The maximum Gasteiger partial charge on any atom is 0.126 e. The van der Waals surface area contributed by atoms with Crippen molar-refractivity contribution in [2.45, 2.75) is 32.0 Å². The first-order valence-corrected chi connectivity index (χ1v) is 7.43. The van der Waals surface area contributed by atoms with E-state index in [0.717, 1.165) is 50.3 Å². The van der Waals surface area contributed by atoms with Crippen molar-refractivity contribution in [2.75, 3.05) is 33.3 Å². The minimum Gasteiger partial charge on any atom is -0.375 e. The van der Waals surface area contributed by atoms with Crippen molar-refractivity contribution in [3.8, 4) is 0 Å². The highest BCUT2D eigenvalue weighted by atomic mass is 19.1. The van der Waals surface area contributed by atoms with Crippen molar-refractivity contribution < 1.29 is 9.13 Å². The van der Waals surface area contributed by atoms with Gasteiger partial charge in [-0.15, -0.1) is 0 Å². The van der Waals surface area contributed by atoms with E-state index in [-0.39, 0.29) is 5.82 Å². The number of likely N-dealkylation sites (tertiary alicyclic amines) is 1. The molecule has 2 aliphatic heterocycles. The third-order valence-electron chi connectivity index (χ3n) is 4.72. The fourth-order valence-electron chi connectivity index (χ4n) is 3.32. The molecule has 0 unspecified atom stereocenters. The van der Waals surface area contributed by atoms with E-state index in [9.17, 15) is 4.39 Å². The van der Waals surface area contributed by atoms with E-state index in [0.29, 0.717) is 12.1 Å². The van der Waals surface area contributed by atoms with Gasteiger partial charge in [-0.1, -0.05) is 12.1 Å². The van der Waals surface area contributed by atoms with Gasteiger partial charge in [0.05, 0.1) is 12.7 Å². The lowest BCUT2D eigenvalue weighted by atomic mass is 9.98. The zero-order valence-electron chi connectivity index (χ0n) is 12.3. The topological polar surface area (TPSA) is 15.7 Å². The van der Waals surface area contributed by atoms with Crippen LogP contribution >= 0.6 is 0 Å². The first-order valence-electron chi connectivity index (χ1n) is 7.43. The van der Waals surface area contributed by atoms with E-state index in [2.05, 4.69) is 16.8 Å². The number of morpholine rings is 1. The molecule has 0 saturated carbocycles. The Kier molecular flexibility index (Phi) is 4.06. The summed E-state index contributed by atoms with van der Waals surface area (Å²) in [4.78, 5) is 4.83. The molecule has 0 aliphatic carbocycles. The number of fused-ring (bicyclic) bond motifs is 1. The van der Waals surface area contributed by atoms with Gasteiger partial charge in [0.25, 0.3) is 0 Å². The molecule has 3 nitrogen and oxygen atoms in total. The Morgan fingerprint density at radius 2 is 2.20 bits per heavy atom. The number of rotatable bonds is 2. The molecule has 1 aromatic carbocycles. The van der Waals surface area contributed by atoms with Crippen molar-refractivity contribution in [3.63, 3.8) is 0 Å². The largest absolute Gasteiger partial charge is 0.375 e. The molecule has 0 aromatic heterocycles. The van der Waals surface area contributed by atoms with Crippen molar-refractivity contribution in [2.24, 2.45) is 0 Å². The van der Waals surface area contributed by atoms with Crippen LogP contribution in [0.3, 0.4) is 0 Å². The van der Waals surface area contributed by atoms with E-state index in [1.54, 1.807) is 6.07 Å². The van der Waals surface area contributed by atoms with Gasteiger partial charge in [0.15, 0.2) is 0 Å². The number of likely N-dealkylation sites (N-methyl/N-ethyl adjacent to an activating group) is 1. The first kappa shape index (κ1) is 14.0. The maximum atomic E-state index is 13.6. The average molecular weight is 278 g/mol. The molecule has 4 heteroatoms. The summed E-state index contributed by atoms with van der Waals surface area (Å²) in [7, 11) is 2.18. The van der Waals surface area contributed by atoms with Gasteiger partial charge < -0.3 is 4.74 Å². The van der Waals surface area contributed by atoms with Gasteiger partial charge in [-0.25, -0.2) is 4.39 Å². The summed E-state index contributed by atoms with van der Waals surface area (Å²) in [5, 5.41) is 0. The number of piperidine rings is 1. The van der Waals surface area contributed by atoms with Crippen LogP contribution in [0.25, 0.3) is 0 Å². The minimum absolute atomic E-state index is 0.101. The lowest BCUT2D eigenvalue weighted by Gasteiger charge is -2.45. The molecule has 0 N–H and O–H groups in total.